The van der Waals surface area contributed by atoms with Gasteiger partial charge in [0.15, 0.2) is 0 Å². The highest BCUT2D eigenvalue weighted by Gasteiger charge is 2.30. The van der Waals surface area contributed by atoms with Crippen LogP contribution in [0.3, 0.4) is 0 Å². The number of hydrogen-bond acceptors (Lipinski definition) is 4. The molecular formula is C14H22N2O2. The van der Waals surface area contributed by atoms with Gasteiger partial charge in [0.05, 0.1) is 12.1 Å². The highest BCUT2D eigenvalue weighted by Crippen LogP contribution is 2.31. The summed E-state index contributed by atoms with van der Waals surface area (Å²) in [5.74, 6) is 0.923. The highest BCUT2D eigenvalue weighted by atomic mass is 16.5. The maximum atomic E-state index is 6.34. The fourth-order valence-corrected chi connectivity index (χ4v) is 2.40. The van der Waals surface area contributed by atoms with Crippen molar-refractivity contribution in [3.8, 4) is 5.75 Å². The van der Waals surface area contributed by atoms with E-state index in [0.29, 0.717) is 6.61 Å². The van der Waals surface area contributed by atoms with Gasteiger partial charge in [0.25, 0.3) is 0 Å². The molecule has 0 spiro atoms. The summed E-state index contributed by atoms with van der Waals surface area (Å²) >= 11 is 0. The van der Waals surface area contributed by atoms with Crippen molar-refractivity contribution in [3.63, 3.8) is 0 Å². The zero-order valence-corrected chi connectivity index (χ0v) is 11.1. The molecule has 2 unspecified atom stereocenters. The van der Waals surface area contributed by atoms with Crippen LogP contribution in [0.1, 0.15) is 18.0 Å². The lowest BCUT2D eigenvalue weighted by Crippen LogP contribution is -2.47. The molecule has 0 saturated carbocycles. The Morgan fingerprint density at radius 2 is 2.22 bits per heavy atom. The van der Waals surface area contributed by atoms with Gasteiger partial charge in [0.1, 0.15) is 12.4 Å². The fourth-order valence-electron chi connectivity index (χ4n) is 2.40. The topological polar surface area (TPSA) is 47.7 Å². The number of ether oxygens (including phenoxy) is 2. The minimum Gasteiger partial charge on any atom is -0.492 e. The zero-order valence-electron chi connectivity index (χ0n) is 11.1. The Morgan fingerprint density at radius 1 is 1.44 bits per heavy atom. The van der Waals surface area contributed by atoms with Gasteiger partial charge in [-0.2, -0.15) is 0 Å². The van der Waals surface area contributed by atoms with E-state index >= 15 is 0 Å². The number of nitrogens with two attached hydrogens (primary N) is 1. The van der Waals surface area contributed by atoms with E-state index < -0.39 is 0 Å². The van der Waals surface area contributed by atoms with Gasteiger partial charge < -0.3 is 15.2 Å². The maximum absolute atomic E-state index is 6.34. The SMILES string of the molecule is COCCCN(C)C1COc2ccccc2C1N. The standard InChI is InChI=1S/C14H22N2O2/c1-16(8-5-9-17-2)12-10-18-13-7-4-3-6-11(13)14(12)15/h3-4,6-7,12,14H,5,8-10,15H2,1-2H3. The summed E-state index contributed by atoms with van der Waals surface area (Å²) in [6, 6.07) is 8.27. The van der Waals surface area contributed by atoms with Crippen molar-refractivity contribution in [3.05, 3.63) is 29.8 Å². The summed E-state index contributed by atoms with van der Waals surface area (Å²) < 4.78 is 10.9. The molecule has 0 aromatic heterocycles. The molecule has 0 fully saturated rings. The molecule has 0 bridgehead atoms. The van der Waals surface area contributed by atoms with Gasteiger partial charge in [-0.3, -0.25) is 4.90 Å². The molecule has 4 nitrogen and oxygen atoms in total. The van der Waals surface area contributed by atoms with Crippen molar-refractivity contribution in [1.29, 1.82) is 0 Å². The molecule has 2 atom stereocenters. The Balaban J connectivity index is 2.00. The normalized spacial score (nSPS) is 22.7. The second-order valence-corrected chi connectivity index (χ2v) is 4.77. The lowest BCUT2D eigenvalue weighted by Gasteiger charge is -2.37. The van der Waals surface area contributed by atoms with Gasteiger partial charge in [0, 0.05) is 25.8 Å². The minimum absolute atomic E-state index is 0.0162. The number of methoxy groups -OCH3 is 1. The third-order valence-corrected chi connectivity index (χ3v) is 3.53. The van der Waals surface area contributed by atoms with Gasteiger partial charge in [0.2, 0.25) is 0 Å². The Kier molecular flexibility index (Phi) is 4.58. The molecule has 1 aromatic carbocycles. The molecule has 0 saturated heterocycles. The summed E-state index contributed by atoms with van der Waals surface area (Å²) in [7, 11) is 3.82. The van der Waals surface area contributed by atoms with Gasteiger partial charge in [-0.1, -0.05) is 18.2 Å². The van der Waals surface area contributed by atoms with Gasteiger partial charge in [-0.05, 0) is 19.5 Å². The molecule has 1 aliphatic rings. The first kappa shape index (κ1) is 13.3. The van der Waals surface area contributed by atoms with E-state index in [9.17, 15) is 0 Å². The Morgan fingerprint density at radius 3 is 3.00 bits per heavy atom. The number of nitrogens with zero attached hydrogens (tertiary/aromatic N) is 1. The summed E-state index contributed by atoms with van der Waals surface area (Å²) in [6.07, 6.45) is 1.01. The van der Waals surface area contributed by atoms with Crippen LogP contribution in [0.4, 0.5) is 0 Å². The smallest absolute Gasteiger partial charge is 0.124 e. The van der Waals surface area contributed by atoms with E-state index in [2.05, 4.69) is 18.0 Å². The third kappa shape index (κ3) is 2.83. The molecule has 0 aliphatic carbocycles. The molecule has 0 amide bonds. The first-order valence-corrected chi connectivity index (χ1v) is 6.40. The molecular weight excluding hydrogens is 228 g/mol. The largest absolute Gasteiger partial charge is 0.492 e. The van der Waals surface area contributed by atoms with Gasteiger partial charge in [-0.25, -0.2) is 0 Å². The van der Waals surface area contributed by atoms with Crippen molar-refractivity contribution in [2.75, 3.05) is 33.9 Å². The van der Waals surface area contributed by atoms with Crippen molar-refractivity contribution in [2.24, 2.45) is 5.73 Å². The monoisotopic (exact) mass is 250 g/mol. The molecule has 1 aliphatic heterocycles. The van der Waals surface area contributed by atoms with E-state index in [1.54, 1.807) is 7.11 Å². The van der Waals surface area contributed by atoms with Crippen LogP contribution in [-0.4, -0.2) is 44.9 Å². The third-order valence-electron chi connectivity index (χ3n) is 3.53. The Labute approximate surface area is 109 Å². The first-order chi connectivity index (χ1) is 8.74. The minimum atomic E-state index is 0.0162. The van der Waals surface area contributed by atoms with Crippen LogP contribution in [0.25, 0.3) is 0 Å². The molecule has 18 heavy (non-hydrogen) atoms. The average molecular weight is 250 g/mol. The van der Waals surface area contributed by atoms with Crippen LogP contribution in [0.2, 0.25) is 0 Å². The predicted octanol–water partition coefficient (Wildman–Crippen LogP) is 1.42. The van der Waals surface area contributed by atoms with Crippen LogP contribution in [0, 0.1) is 0 Å². The van der Waals surface area contributed by atoms with Crippen LogP contribution in [0.15, 0.2) is 24.3 Å². The summed E-state index contributed by atoms with van der Waals surface area (Å²) in [6.45, 7) is 2.41. The first-order valence-electron chi connectivity index (χ1n) is 6.40. The molecule has 2 rings (SSSR count). The average Bonchev–Trinajstić information content (AvgIpc) is 2.39. The van der Waals surface area contributed by atoms with Crippen molar-refractivity contribution < 1.29 is 9.47 Å². The molecule has 2 N–H and O–H groups in total. The number of benzene rings is 1. The summed E-state index contributed by atoms with van der Waals surface area (Å²) in [5.41, 5.74) is 7.45. The van der Waals surface area contributed by atoms with Crippen LogP contribution < -0.4 is 10.5 Å². The highest BCUT2D eigenvalue weighted by molar-refractivity contribution is 5.38. The number of para-hydroxylation sites is 1. The van der Waals surface area contributed by atoms with Gasteiger partial charge in [-0.15, -0.1) is 0 Å². The summed E-state index contributed by atoms with van der Waals surface area (Å²) in [5, 5.41) is 0. The van der Waals surface area contributed by atoms with E-state index in [1.807, 2.05) is 18.2 Å². The van der Waals surface area contributed by atoms with Crippen molar-refractivity contribution >= 4 is 0 Å². The summed E-state index contributed by atoms with van der Waals surface area (Å²) in [4.78, 5) is 2.26. The molecule has 4 heteroatoms. The van der Waals surface area contributed by atoms with Crippen LogP contribution >= 0.6 is 0 Å². The van der Waals surface area contributed by atoms with Gasteiger partial charge >= 0.3 is 0 Å². The predicted molar refractivity (Wildman–Crippen MR) is 71.8 cm³/mol. The van der Waals surface area contributed by atoms with Crippen molar-refractivity contribution in [2.45, 2.75) is 18.5 Å². The van der Waals surface area contributed by atoms with Crippen LogP contribution in [-0.2, 0) is 4.74 Å². The maximum Gasteiger partial charge on any atom is 0.124 e. The zero-order chi connectivity index (χ0) is 13.0. The number of hydrogen-bond donors (Lipinski definition) is 1. The van der Waals surface area contributed by atoms with E-state index in [4.69, 9.17) is 15.2 Å². The lowest BCUT2D eigenvalue weighted by atomic mass is 9.96. The lowest BCUT2D eigenvalue weighted by molar-refractivity contribution is 0.106. The second-order valence-electron chi connectivity index (χ2n) is 4.77. The van der Waals surface area contributed by atoms with E-state index in [0.717, 1.165) is 30.9 Å². The molecule has 1 heterocycles. The Bertz CT molecular complexity index is 384. The Hall–Kier alpha value is -1.10. The van der Waals surface area contributed by atoms with Crippen molar-refractivity contribution in [1.82, 2.24) is 4.90 Å². The van der Waals surface area contributed by atoms with E-state index in [-0.39, 0.29) is 12.1 Å². The number of likely N-dealkylation sites (N-methyl/N-ethyl adjacent to an activating group) is 1. The fraction of sp³-hybridized carbons (Fsp3) is 0.571. The molecule has 100 valence electrons. The van der Waals surface area contributed by atoms with Crippen LogP contribution in [0.5, 0.6) is 5.75 Å². The molecule has 0 radical (unpaired) electrons. The molecule has 1 aromatic rings. The quantitative estimate of drug-likeness (QED) is 0.803. The number of fused-ring (bicyclic) bond motifs is 1. The van der Waals surface area contributed by atoms with E-state index in [1.165, 1.54) is 0 Å². The second kappa shape index (κ2) is 6.18. The number of rotatable bonds is 5.